The van der Waals surface area contributed by atoms with Gasteiger partial charge in [0.15, 0.2) is 17.5 Å². The molecule has 0 atom stereocenters. The molecule has 2 aromatic heterocycles. The highest BCUT2D eigenvalue weighted by Crippen LogP contribution is 2.40. The van der Waals surface area contributed by atoms with Crippen molar-refractivity contribution in [2.24, 2.45) is 0 Å². The predicted octanol–water partition coefficient (Wildman–Crippen LogP) is 11.2. The Morgan fingerprint density at radius 1 is 0.356 bits per heavy atom. The van der Waals surface area contributed by atoms with Crippen LogP contribution in [0.15, 0.2) is 152 Å². The van der Waals surface area contributed by atoms with Gasteiger partial charge in [0.2, 0.25) is 0 Å². The molecular weight excluding hydrogens is 567 g/mol. The number of nitrogens with zero attached hydrogens (tertiary/aromatic N) is 3. The summed E-state index contributed by atoms with van der Waals surface area (Å²) in [6.45, 7) is 0. The van der Waals surface area contributed by atoms with E-state index in [1.165, 1.54) is 31.1 Å². The zero-order valence-corrected chi connectivity index (χ0v) is 25.0. The zero-order chi connectivity index (χ0) is 29.7. The van der Waals surface area contributed by atoms with Gasteiger partial charge in [-0.05, 0) is 51.6 Å². The maximum Gasteiger partial charge on any atom is 0.164 e. The Hall–Kier alpha value is -5.71. The lowest BCUT2D eigenvalue weighted by atomic mass is 9.93. The van der Waals surface area contributed by atoms with Crippen molar-refractivity contribution in [3.8, 4) is 45.3 Å². The average Bonchev–Trinajstić information content (AvgIpc) is 3.49. The topological polar surface area (TPSA) is 38.7 Å². The number of rotatable bonds is 4. The monoisotopic (exact) mass is 591 g/mol. The summed E-state index contributed by atoms with van der Waals surface area (Å²) in [5.41, 5.74) is 5.24. The number of fused-ring (bicyclic) bond motifs is 5. The molecular formula is C41H25N3S. The van der Waals surface area contributed by atoms with Crippen molar-refractivity contribution in [2.45, 2.75) is 0 Å². The maximum absolute atomic E-state index is 5.15. The van der Waals surface area contributed by atoms with Crippen LogP contribution in [0.25, 0.3) is 87.0 Å². The van der Waals surface area contributed by atoms with Crippen molar-refractivity contribution < 1.29 is 0 Å². The second-order valence-corrected chi connectivity index (χ2v) is 12.3. The normalized spacial score (nSPS) is 11.6. The van der Waals surface area contributed by atoms with Crippen LogP contribution in [0.4, 0.5) is 0 Å². The van der Waals surface area contributed by atoms with Gasteiger partial charge in [-0.1, -0.05) is 127 Å². The van der Waals surface area contributed by atoms with Crippen LogP contribution in [0.3, 0.4) is 0 Å². The molecule has 0 bridgehead atoms. The Kier molecular flexibility index (Phi) is 6.00. The van der Waals surface area contributed by atoms with Gasteiger partial charge in [-0.3, -0.25) is 0 Å². The van der Waals surface area contributed by atoms with Gasteiger partial charge >= 0.3 is 0 Å². The van der Waals surface area contributed by atoms with E-state index < -0.39 is 0 Å². The quantitative estimate of drug-likeness (QED) is 0.204. The van der Waals surface area contributed by atoms with E-state index >= 15 is 0 Å². The Morgan fingerprint density at radius 2 is 1.00 bits per heavy atom. The highest BCUT2D eigenvalue weighted by atomic mass is 32.1. The van der Waals surface area contributed by atoms with E-state index in [9.17, 15) is 0 Å². The molecule has 4 heteroatoms. The molecule has 9 aromatic rings. The molecule has 0 amide bonds. The van der Waals surface area contributed by atoms with E-state index in [1.54, 1.807) is 0 Å². The summed E-state index contributed by atoms with van der Waals surface area (Å²) >= 11 is 1.84. The van der Waals surface area contributed by atoms with Gasteiger partial charge in [0, 0.05) is 42.2 Å². The molecule has 0 saturated carbocycles. The molecule has 0 saturated heterocycles. The van der Waals surface area contributed by atoms with Gasteiger partial charge in [-0.2, -0.15) is 0 Å². The average molecular weight is 592 g/mol. The van der Waals surface area contributed by atoms with Crippen molar-refractivity contribution in [3.63, 3.8) is 0 Å². The zero-order valence-electron chi connectivity index (χ0n) is 24.2. The van der Waals surface area contributed by atoms with Gasteiger partial charge in [-0.15, -0.1) is 11.3 Å². The molecule has 0 spiro atoms. The van der Waals surface area contributed by atoms with E-state index in [0.717, 1.165) is 38.4 Å². The Morgan fingerprint density at radius 3 is 1.87 bits per heavy atom. The SMILES string of the molecule is c1ccc(-c2nc(-c3ccc4ccccc4c3)nc(-c3cccc4cccc(-c5ccc6sc7ccccc7c6c5)c34)n2)cc1. The molecule has 45 heavy (non-hydrogen) atoms. The molecule has 0 radical (unpaired) electrons. The largest absolute Gasteiger partial charge is 0.208 e. The minimum Gasteiger partial charge on any atom is -0.208 e. The number of aromatic nitrogens is 3. The molecule has 0 unspecified atom stereocenters. The fourth-order valence-electron chi connectivity index (χ4n) is 6.33. The minimum absolute atomic E-state index is 0.657. The van der Waals surface area contributed by atoms with Gasteiger partial charge in [-0.25, -0.2) is 15.0 Å². The molecule has 0 aliphatic carbocycles. The van der Waals surface area contributed by atoms with Crippen molar-refractivity contribution in [3.05, 3.63) is 152 Å². The number of benzene rings is 7. The van der Waals surface area contributed by atoms with Crippen LogP contribution >= 0.6 is 11.3 Å². The van der Waals surface area contributed by atoms with Crippen molar-refractivity contribution in [1.29, 1.82) is 0 Å². The second kappa shape index (κ2) is 10.5. The standard InChI is InChI=1S/C41H25N3S/c1-2-11-28(12-3-1)39-42-40(31-21-20-26-10-4-5-13-29(26)24-31)44-41(43-39)34-18-9-15-27-14-8-17-32(38(27)34)30-22-23-37-35(25-30)33-16-6-7-19-36(33)45-37/h1-25H. The van der Waals surface area contributed by atoms with Crippen LogP contribution in [-0.4, -0.2) is 15.0 Å². The van der Waals surface area contributed by atoms with Crippen LogP contribution in [0.2, 0.25) is 0 Å². The first-order valence-corrected chi connectivity index (χ1v) is 15.8. The molecule has 0 fully saturated rings. The smallest absolute Gasteiger partial charge is 0.164 e. The summed E-state index contributed by atoms with van der Waals surface area (Å²) in [7, 11) is 0. The number of thiophene rings is 1. The Bertz CT molecular complexity index is 2540. The van der Waals surface area contributed by atoms with Crippen LogP contribution in [-0.2, 0) is 0 Å². The van der Waals surface area contributed by atoms with Crippen LogP contribution in [0.5, 0.6) is 0 Å². The molecule has 7 aromatic carbocycles. The fourth-order valence-corrected chi connectivity index (χ4v) is 7.42. The summed E-state index contributed by atoms with van der Waals surface area (Å²) in [6.07, 6.45) is 0. The summed E-state index contributed by atoms with van der Waals surface area (Å²) in [4.78, 5) is 15.3. The highest BCUT2D eigenvalue weighted by molar-refractivity contribution is 7.25. The van der Waals surface area contributed by atoms with E-state index in [2.05, 4.69) is 133 Å². The van der Waals surface area contributed by atoms with Gasteiger partial charge in [0.1, 0.15) is 0 Å². The van der Waals surface area contributed by atoms with Gasteiger partial charge in [0.05, 0.1) is 0 Å². The first kappa shape index (κ1) is 25.8. The Labute approximate surface area is 264 Å². The van der Waals surface area contributed by atoms with Crippen LogP contribution in [0, 0.1) is 0 Å². The van der Waals surface area contributed by atoms with Crippen LogP contribution in [0.1, 0.15) is 0 Å². The van der Waals surface area contributed by atoms with E-state index in [1.807, 2.05) is 29.5 Å². The number of hydrogen-bond donors (Lipinski definition) is 0. The van der Waals surface area contributed by atoms with Crippen LogP contribution < -0.4 is 0 Å². The Balaban J connectivity index is 1.29. The molecule has 0 aliphatic heterocycles. The van der Waals surface area contributed by atoms with Crippen molar-refractivity contribution in [1.82, 2.24) is 15.0 Å². The third-order valence-corrected chi connectivity index (χ3v) is 9.66. The van der Waals surface area contributed by atoms with E-state index in [4.69, 9.17) is 15.0 Å². The molecule has 3 nitrogen and oxygen atoms in total. The van der Waals surface area contributed by atoms with Crippen molar-refractivity contribution >= 4 is 53.1 Å². The van der Waals surface area contributed by atoms with Gasteiger partial charge < -0.3 is 0 Å². The summed E-state index contributed by atoms with van der Waals surface area (Å²) in [5, 5.41) is 7.20. The predicted molar refractivity (Wildman–Crippen MR) is 189 cm³/mol. The summed E-state index contributed by atoms with van der Waals surface area (Å²) < 4.78 is 2.61. The van der Waals surface area contributed by atoms with E-state index in [0.29, 0.717) is 17.5 Å². The molecule has 9 rings (SSSR count). The second-order valence-electron chi connectivity index (χ2n) is 11.3. The molecule has 0 aliphatic rings. The molecule has 0 N–H and O–H groups in total. The first-order valence-electron chi connectivity index (χ1n) is 15.0. The first-order chi connectivity index (χ1) is 22.3. The summed E-state index contributed by atoms with van der Waals surface area (Å²) in [5.74, 6) is 1.97. The number of hydrogen-bond acceptors (Lipinski definition) is 4. The van der Waals surface area contributed by atoms with Crippen molar-refractivity contribution in [2.75, 3.05) is 0 Å². The lowest BCUT2D eigenvalue weighted by molar-refractivity contribution is 1.08. The maximum atomic E-state index is 5.15. The molecule has 210 valence electrons. The van der Waals surface area contributed by atoms with Gasteiger partial charge in [0.25, 0.3) is 0 Å². The van der Waals surface area contributed by atoms with E-state index in [-0.39, 0.29) is 0 Å². The minimum atomic E-state index is 0.657. The third kappa shape index (κ3) is 4.46. The molecule has 2 heterocycles. The highest BCUT2D eigenvalue weighted by Gasteiger charge is 2.17. The third-order valence-electron chi connectivity index (χ3n) is 8.51. The lowest BCUT2D eigenvalue weighted by Gasteiger charge is -2.14. The summed E-state index contributed by atoms with van der Waals surface area (Å²) in [6, 6.07) is 53.4. The lowest BCUT2D eigenvalue weighted by Crippen LogP contribution is -2.01. The fraction of sp³-hybridized carbons (Fsp3) is 0.